The van der Waals surface area contributed by atoms with Crippen LogP contribution in [-0.4, -0.2) is 12.8 Å². The molecular weight excluding hydrogens is 96.0 g/mol. The number of carbonyl (C=O) groups is 1. The second-order valence-corrected chi connectivity index (χ2v) is 0.697. The van der Waals surface area contributed by atoms with E-state index in [1.807, 2.05) is 0 Å². The number of nitrogens with two attached hydrogens (primary N) is 2. The molecule has 0 spiro atoms. The van der Waals surface area contributed by atoms with Crippen LogP contribution in [0.4, 0.5) is 0 Å². The van der Waals surface area contributed by atoms with Gasteiger partial charge in [0.25, 0.3) is 6.47 Å². The SMILES string of the molecule is C.NC(N)OC=O. The third-order valence-electron chi connectivity index (χ3n) is 0.213. The second-order valence-electron chi connectivity index (χ2n) is 0.697. The summed E-state index contributed by atoms with van der Waals surface area (Å²) in [6, 6.07) is 0. The summed E-state index contributed by atoms with van der Waals surface area (Å²) in [5.41, 5.74) is 9.45. The van der Waals surface area contributed by atoms with Gasteiger partial charge in [-0.05, 0) is 0 Å². The molecule has 0 saturated heterocycles. The van der Waals surface area contributed by atoms with Crippen molar-refractivity contribution in [2.45, 2.75) is 13.8 Å². The van der Waals surface area contributed by atoms with Gasteiger partial charge in [-0.15, -0.1) is 0 Å². The van der Waals surface area contributed by atoms with E-state index >= 15 is 0 Å². The van der Waals surface area contributed by atoms with Crippen molar-refractivity contribution < 1.29 is 9.53 Å². The smallest absolute Gasteiger partial charge is 0.295 e. The lowest BCUT2D eigenvalue weighted by molar-refractivity contribution is -0.132. The molecule has 0 saturated carbocycles. The monoisotopic (exact) mass is 106 g/mol. The Hall–Kier alpha value is -0.610. The van der Waals surface area contributed by atoms with Crippen molar-refractivity contribution >= 4 is 6.47 Å². The van der Waals surface area contributed by atoms with Crippen molar-refractivity contribution in [3.63, 3.8) is 0 Å². The lowest BCUT2D eigenvalue weighted by Gasteiger charge is -1.96. The van der Waals surface area contributed by atoms with E-state index in [9.17, 15) is 4.79 Å². The fraction of sp³-hybridized carbons (Fsp3) is 0.667. The topological polar surface area (TPSA) is 78.3 Å². The van der Waals surface area contributed by atoms with E-state index in [2.05, 4.69) is 4.74 Å². The van der Waals surface area contributed by atoms with Crippen molar-refractivity contribution in [3.8, 4) is 0 Å². The van der Waals surface area contributed by atoms with Gasteiger partial charge in [0, 0.05) is 0 Å². The zero-order valence-corrected chi connectivity index (χ0v) is 3.13. The van der Waals surface area contributed by atoms with Crippen LogP contribution in [0, 0.1) is 0 Å². The minimum absolute atomic E-state index is 0. The molecule has 4 heteroatoms. The molecule has 0 aliphatic rings. The summed E-state index contributed by atoms with van der Waals surface area (Å²) >= 11 is 0. The maximum absolute atomic E-state index is 9.23. The number of carbonyl (C=O) groups excluding carboxylic acids is 1. The predicted octanol–water partition coefficient (Wildman–Crippen LogP) is -1.00. The van der Waals surface area contributed by atoms with Crippen LogP contribution in [0.25, 0.3) is 0 Å². The molecule has 7 heavy (non-hydrogen) atoms. The Bertz CT molecular complexity index is 46.2. The molecule has 0 aliphatic heterocycles. The minimum atomic E-state index is -0.970. The highest BCUT2D eigenvalue weighted by molar-refractivity contribution is 5.37. The van der Waals surface area contributed by atoms with Crippen LogP contribution < -0.4 is 11.5 Å². The van der Waals surface area contributed by atoms with Crippen LogP contribution in [0.2, 0.25) is 0 Å². The Kier molecular flexibility index (Phi) is 7.42. The lowest BCUT2D eigenvalue weighted by atomic mass is 11.1. The Morgan fingerprint density at radius 2 is 2.00 bits per heavy atom. The molecule has 0 unspecified atom stereocenters. The van der Waals surface area contributed by atoms with E-state index in [1.54, 1.807) is 0 Å². The van der Waals surface area contributed by atoms with Gasteiger partial charge < -0.3 is 4.74 Å². The Morgan fingerprint density at radius 3 is 2.00 bits per heavy atom. The molecule has 0 aliphatic carbocycles. The highest BCUT2D eigenvalue weighted by Crippen LogP contribution is 1.57. The highest BCUT2D eigenvalue weighted by Gasteiger charge is 1.83. The van der Waals surface area contributed by atoms with Gasteiger partial charge in [-0.25, -0.2) is 0 Å². The Labute approximate surface area is 42.4 Å². The van der Waals surface area contributed by atoms with Gasteiger partial charge in [0.15, 0.2) is 0 Å². The zero-order chi connectivity index (χ0) is 4.99. The molecule has 0 fully saturated rings. The van der Waals surface area contributed by atoms with E-state index in [-0.39, 0.29) is 13.9 Å². The van der Waals surface area contributed by atoms with Crippen LogP contribution >= 0.6 is 0 Å². The number of hydrogen-bond donors (Lipinski definition) is 2. The van der Waals surface area contributed by atoms with Crippen molar-refractivity contribution in [3.05, 3.63) is 0 Å². The van der Waals surface area contributed by atoms with Crippen molar-refractivity contribution in [1.82, 2.24) is 0 Å². The first-order valence-electron chi connectivity index (χ1n) is 1.37. The summed E-state index contributed by atoms with van der Waals surface area (Å²) in [5, 5.41) is 0. The fourth-order valence-corrected chi connectivity index (χ4v) is 0.0642. The van der Waals surface area contributed by atoms with Gasteiger partial charge in [-0.1, -0.05) is 7.43 Å². The quantitative estimate of drug-likeness (QED) is 0.349. The van der Waals surface area contributed by atoms with Gasteiger partial charge in [-0.2, -0.15) is 0 Å². The summed E-state index contributed by atoms with van der Waals surface area (Å²) in [5.74, 6) is 0. The number of rotatable bonds is 2. The molecule has 0 rings (SSSR count). The third kappa shape index (κ3) is 10.8. The summed E-state index contributed by atoms with van der Waals surface area (Å²) in [6.45, 7) is 0.199. The van der Waals surface area contributed by atoms with Crippen LogP contribution in [0.3, 0.4) is 0 Å². The van der Waals surface area contributed by atoms with E-state index in [4.69, 9.17) is 11.5 Å². The first-order chi connectivity index (χ1) is 2.77. The molecule has 4 N–H and O–H groups in total. The largest absolute Gasteiger partial charge is 0.436 e. The van der Waals surface area contributed by atoms with Gasteiger partial charge >= 0.3 is 0 Å². The summed E-state index contributed by atoms with van der Waals surface area (Å²) in [7, 11) is 0. The third-order valence-corrected chi connectivity index (χ3v) is 0.213. The molecule has 0 heterocycles. The predicted molar refractivity (Wildman–Crippen MR) is 26.0 cm³/mol. The molecule has 4 nitrogen and oxygen atoms in total. The first-order valence-corrected chi connectivity index (χ1v) is 1.37. The molecule has 44 valence electrons. The number of ether oxygens (including phenoxy) is 1. The Morgan fingerprint density at radius 1 is 1.57 bits per heavy atom. The van der Waals surface area contributed by atoms with Crippen LogP contribution in [-0.2, 0) is 9.53 Å². The first kappa shape index (κ1) is 9.63. The van der Waals surface area contributed by atoms with E-state index in [0.717, 1.165) is 0 Å². The molecule has 0 aromatic carbocycles. The van der Waals surface area contributed by atoms with Crippen LogP contribution in [0.15, 0.2) is 0 Å². The summed E-state index contributed by atoms with van der Waals surface area (Å²) in [6.07, 6.45) is -0.970. The van der Waals surface area contributed by atoms with E-state index < -0.39 is 6.35 Å². The maximum Gasteiger partial charge on any atom is 0.295 e. The van der Waals surface area contributed by atoms with Gasteiger partial charge in [0.1, 0.15) is 0 Å². The molecular formula is C3H10N2O2. The average Bonchev–Trinajstić information content (AvgIpc) is 1.35. The van der Waals surface area contributed by atoms with Crippen molar-refractivity contribution in [2.75, 3.05) is 0 Å². The summed E-state index contributed by atoms with van der Waals surface area (Å²) in [4.78, 5) is 9.23. The molecule has 0 aromatic heterocycles. The molecule has 0 bridgehead atoms. The van der Waals surface area contributed by atoms with Gasteiger partial charge in [-0.3, -0.25) is 16.3 Å². The molecule has 0 aromatic rings. The van der Waals surface area contributed by atoms with Crippen molar-refractivity contribution in [2.24, 2.45) is 11.5 Å². The summed E-state index contributed by atoms with van der Waals surface area (Å²) < 4.78 is 3.92. The lowest BCUT2D eigenvalue weighted by Crippen LogP contribution is -2.32. The zero-order valence-electron chi connectivity index (χ0n) is 3.13. The normalized spacial score (nSPS) is 7.29. The second kappa shape index (κ2) is 5.39. The van der Waals surface area contributed by atoms with Crippen LogP contribution in [0.5, 0.6) is 0 Å². The molecule has 0 atom stereocenters. The van der Waals surface area contributed by atoms with Gasteiger partial charge in [0.2, 0.25) is 6.35 Å². The van der Waals surface area contributed by atoms with E-state index in [1.165, 1.54) is 0 Å². The minimum Gasteiger partial charge on any atom is -0.436 e. The van der Waals surface area contributed by atoms with E-state index in [0.29, 0.717) is 0 Å². The maximum atomic E-state index is 9.23. The van der Waals surface area contributed by atoms with Crippen LogP contribution in [0.1, 0.15) is 7.43 Å². The average molecular weight is 106 g/mol. The standard InChI is InChI=1S/C2H6N2O2.CH4/c3-2(4)6-1-5;/h1-2H,3-4H2;1H4. The fourth-order valence-electron chi connectivity index (χ4n) is 0.0642. The highest BCUT2D eigenvalue weighted by atomic mass is 16.5. The number of hydrogen-bond acceptors (Lipinski definition) is 4. The van der Waals surface area contributed by atoms with Gasteiger partial charge in [0.05, 0.1) is 0 Å². The van der Waals surface area contributed by atoms with Crippen molar-refractivity contribution in [1.29, 1.82) is 0 Å². The molecule has 0 radical (unpaired) electrons. The Balaban J connectivity index is 0. The molecule has 0 amide bonds.